The Hall–Kier alpha value is -0.160. The molecule has 0 aromatic rings. The summed E-state index contributed by atoms with van der Waals surface area (Å²) in [7, 11) is 0. The zero-order valence-electron chi connectivity index (χ0n) is 4.87. The molecule has 0 saturated carbocycles. The second kappa shape index (κ2) is 3.80. The lowest BCUT2D eigenvalue weighted by atomic mass is 10.6. The second-order valence-corrected chi connectivity index (χ2v) is 1.60. The van der Waals surface area contributed by atoms with Crippen LogP contribution in [0.3, 0.4) is 0 Å². The minimum Gasteiger partial charge on any atom is -0.368 e. The highest BCUT2D eigenvalue weighted by atomic mass is 16.6. The van der Waals surface area contributed by atoms with Crippen molar-refractivity contribution in [1.29, 1.82) is 0 Å². The molecule has 0 aliphatic heterocycles. The summed E-state index contributed by atoms with van der Waals surface area (Å²) in [4.78, 5) is 0. The van der Waals surface area contributed by atoms with Gasteiger partial charge < -0.3 is 21.3 Å². The summed E-state index contributed by atoms with van der Waals surface area (Å²) in [6, 6.07) is 0. The van der Waals surface area contributed by atoms with E-state index in [1.54, 1.807) is 0 Å². The van der Waals surface area contributed by atoms with Gasteiger partial charge >= 0.3 is 0 Å². The summed E-state index contributed by atoms with van der Waals surface area (Å²) in [5.41, 5.74) is 10.2. The highest BCUT2D eigenvalue weighted by Crippen LogP contribution is 1.81. The average Bonchev–Trinajstić information content (AvgIpc) is 1.61. The van der Waals surface area contributed by atoms with Crippen LogP contribution in [-0.2, 0) is 4.74 Å². The van der Waals surface area contributed by atoms with Gasteiger partial charge in [-0.25, -0.2) is 0 Å². The molecule has 0 heterocycles. The highest BCUT2D eigenvalue weighted by Gasteiger charge is 1.96. The monoisotopic (exact) mass is 120 g/mol. The minimum atomic E-state index is -0.774. The largest absolute Gasteiger partial charge is 0.368 e. The molecule has 0 aromatic heterocycles. The Balaban J connectivity index is 2.93. The number of nitrogens with two attached hydrogens (primary N) is 2. The summed E-state index contributed by atoms with van der Waals surface area (Å²) in [5.74, 6) is 0. The van der Waals surface area contributed by atoms with Crippen LogP contribution in [0, 0.1) is 0 Å². The van der Waals surface area contributed by atoms with E-state index in [2.05, 4.69) is 4.74 Å². The molecule has 0 aromatic carbocycles. The fraction of sp³-hybridized carbons (Fsp3) is 1.00. The molecule has 4 heteroatoms. The lowest BCUT2D eigenvalue weighted by Gasteiger charge is -2.07. The van der Waals surface area contributed by atoms with Crippen LogP contribution in [0.1, 0.15) is 6.92 Å². The van der Waals surface area contributed by atoms with Gasteiger partial charge in [-0.15, -0.1) is 0 Å². The van der Waals surface area contributed by atoms with Crippen molar-refractivity contribution in [2.75, 3.05) is 6.61 Å². The number of aliphatic hydroxyl groups excluding tert-OH is 1. The first-order chi connectivity index (χ1) is 3.63. The van der Waals surface area contributed by atoms with Crippen LogP contribution in [-0.4, -0.2) is 24.2 Å². The maximum absolute atomic E-state index is 8.47. The Morgan fingerprint density at radius 3 is 2.25 bits per heavy atom. The molecule has 50 valence electrons. The molecule has 1 atom stereocenters. The van der Waals surface area contributed by atoms with Gasteiger partial charge in [-0.2, -0.15) is 0 Å². The van der Waals surface area contributed by atoms with E-state index in [0.29, 0.717) is 0 Å². The van der Waals surface area contributed by atoms with Crippen molar-refractivity contribution in [1.82, 2.24) is 0 Å². The molecule has 0 amide bonds. The molecular formula is C4H12N2O2. The van der Waals surface area contributed by atoms with E-state index in [0.717, 1.165) is 0 Å². The second-order valence-electron chi connectivity index (χ2n) is 1.60. The van der Waals surface area contributed by atoms with E-state index in [1.165, 1.54) is 6.92 Å². The van der Waals surface area contributed by atoms with Gasteiger partial charge in [-0.05, 0) is 6.92 Å². The van der Waals surface area contributed by atoms with E-state index in [1.807, 2.05) is 0 Å². The van der Waals surface area contributed by atoms with Crippen molar-refractivity contribution in [3.05, 3.63) is 0 Å². The van der Waals surface area contributed by atoms with Crippen LogP contribution >= 0.6 is 0 Å². The topological polar surface area (TPSA) is 81.5 Å². The van der Waals surface area contributed by atoms with Crippen molar-refractivity contribution in [2.45, 2.75) is 19.4 Å². The quantitative estimate of drug-likeness (QED) is 0.399. The molecule has 0 fully saturated rings. The summed E-state index contributed by atoms with van der Waals surface area (Å²) >= 11 is 0. The molecule has 0 aliphatic rings. The Labute approximate surface area is 48.4 Å². The molecule has 5 N–H and O–H groups in total. The van der Waals surface area contributed by atoms with E-state index in [-0.39, 0.29) is 6.61 Å². The van der Waals surface area contributed by atoms with Crippen LogP contribution in [0.4, 0.5) is 0 Å². The smallest absolute Gasteiger partial charge is 0.151 e. The molecule has 0 spiro atoms. The summed E-state index contributed by atoms with van der Waals surface area (Å²) in [6.07, 6.45) is -1.27. The van der Waals surface area contributed by atoms with E-state index < -0.39 is 12.5 Å². The normalized spacial score (nSPS) is 14.6. The van der Waals surface area contributed by atoms with E-state index >= 15 is 0 Å². The molecule has 0 rings (SSSR count). The first-order valence-corrected chi connectivity index (χ1v) is 2.43. The van der Waals surface area contributed by atoms with E-state index in [4.69, 9.17) is 16.6 Å². The predicted molar refractivity (Wildman–Crippen MR) is 29.8 cm³/mol. The zero-order chi connectivity index (χ0) is 6.57. The molecule has 4 nitrogen and oxygen atoms in total. The summed E-state index contributed by atoms with van der Waals surface area (Å²) in [5, 5.41) is 8.47. The molecule has 1 unspecified atom stereocenters. The molecule has 0 saturated heterocycles. The van der Waals surface area contributed by atoms with E-state index in [9.17, 15) is 0 Å². The average molecular weight is 120 g/mol. The van der Waals surface area contributed by atoms with Gasteiger partial charge in [-0.3, -0.25) is 0 Å². The van der Waals surface area contributed by atoms with Gasteiger partial charge in [0.1, 0.15) is 0 Å². The fourth-order valence-corrected chi connectivity index (χ4v) is 0.250. The Morgan fingerprint density at radius 1 is 1.62 bits per heavy atom. The van der Waals surface area contributed by atoms with Crippen LogP contribution in [0.5, 0.6) is 0 Å². The first-order valence-electron chi connectivity index (χ1n) is 2.43. The SMILES string of the molecule is CC(O)OCC(N)N. The third-order valence-electron chi connectivity index (χ3n) is 0.530. The zero-order valence-corrected chi connectivity index (χ0v) is 4.87. The Morgan fingerprint density at radius 2 is 2.12 bits per heavy atom. The van der Waals surface area contributed by atoms with Crippen LogP contribution in [0.25, 0.3) is 0 Å². The molecule has 0 bridgehead atoms. The van der Waals surface area contributed by atoms with Crippen molar-refractivity contribution in [3.8, 4) is 0 Å². The van der Waals surface area contributed by atoms with Gasteiger partial charge in [0.25, 0.3) is 0 Å². The van der Waals surface area contributed by atoms with Gasteiger partial charge in [0, 0.05) is 0 Å². The molecular weight excluding hydrogens is 108 g/mol. The number of hydrogen-bond acceptors (Lipinski definition) is 4. The Kier molecular flexibility index (Phi) is 3.72. The predicted octanol–water partition coefficient (Wildman–Crippen LogP) is -1.42. The van der Waals surface area contributed by atoms with Gasteiger partial charge in [0.05, 0.1) is 12.8 Å². The molecule has 8 heavy (non-hydrogen) atoms. The van der Waals surface area contributed by atoms with Gasteiger partial charge in [0.15, 0.2) is 6.29 Å². The molecule has 0 aliphatic carbocycles. The fourth-order valence-electron chi connectivity index (χ4n) is 0.250. The van der Waals surface area contributed by atoms with Gasteiger partial charge in [-0.1, -0.05) is 0 Å². The van der Waals surface area contributed by atoms with Gasteiger partial charge in [0.2, 0.25) is 0 Å². The Bertz CT molecular complexity index is 48.0. The summed E-state index contributed by atoms with van der Waals surface area (Å²) < 4.78 is 4.61. The number of ether oxygens (including phenoxy) is 1. The van der Waals surface area contributed by atoms with Crippen molar-refractivity contribution < 1.29 is 9.84 Å². The third-order valence-corrected chi connectivity index (χ3v) is 0.530. The van der Waals surface area contributed by atoms with Crippen molar-refractivity contribution in [3.63, 3.8) is 0 Å². The highest BCUT2D eigenvalue weighted by molar-refractivity contribution is 4.45. The van der Waals surface area contributed by atoms with Crippen molar-refractivity contribution in [2.24, 2.45) is 11.5 Å². The number of rotatable bonds is 3. The van der Waals surface area contributed by atoms with Crippen LogP contribution < -0.4 is 11.5 Å². The first kappa shape index (κ1) is 7.84. The maximum atomic E-state index is 8.47. The minimum absolute atomic E-state index is 0.192. The lowest BCUT2D eigenvalue weighted by molar-refractivity contribution is -0.0885. The standard InChI is InChI=1S/C4H12N2O2/c1-3(7)8-2-4(5)6/h3-4,7H,2,5-6H2,1H3. The number of hydrogen-bond donors (Lipinski definition) is 3. The van der Waals surface area contributed by atoms with Crippen molar-refractivity contribution >= 4 is 0 Å². The summed E-state index contributed by atoms with van der Waals surface area (Å²) in [6.45, 7) is 1.69. The molecule has 0 radical (unpaired) electrons. The third kappa shape index (κ3) is 5.84. The number of aliphatic hydroxyl groups is 1. The van der Waals surface area contributed by atoms with Crippen LogP contribution in [0.15, 0.2) is 0 Å². The maximum Gasteiger partial charge on any atom is 0.151 e. The van der Waals surface area contributed by atoms with Crippen LogP contribution in [0.2, 0.25) is 0 Å². The lowest BCUT2D eigenvalue weighted by Crippen LogP contribution is -2.36.